The van der Waals surface area contributed by atoms with E-state index in [9.17, 15) is 9.59 Å². The Bertz CT molecular complexity index is 1030. The minimum atomic E-state index is -0.641. The number of amides is 1. The van der Waals surface area contributed by atoms with E-state index in [1.165, 1.54) is 7.11 Å². The van der Waals surface area contributed by atoms with Crippen LogP contribution in [0.5, 0.6) is 28.7 Å². The van der Waals surface area contributed by atoms with Crippen LogP contribution in [0, 0.1) is 0 Å². The molecule has 2 heterocycles. The van der Waals surface area contributed by atoms with E-state index in [0.717, 1.165) is 5.75 Å². The third kappa shape index (κ3) is 4.55. The van der Waals surface area contributed by atoms with Crippen molar-refractivity contribution in [3.05, 3.63) is 42.0 Å². The van der Waals surface area contributed by atoms with Gasteiger partial charge in [-0.25, -0.2) is 0 Å². The van der Waals surface area contributed by atoms with Crippen LogP contribution in [0.3, 0.4) is 0 Å². The van der Waals surface area contributed by atoms with Crippen molar-refractivity contribution in [2.45, 2.75) is 37.9 Å². The summed E-state index contributed by atoms with van der Waals surface area (Å²) in [6.07, 6.45) is 0.732. The Morgan fingerprint density at radius 3 is 2.21 bits per heavy atom. The Labute approximate surface area is 193 Å². The van der Waals surface area contributed by atoms with Gasteiger partial charge in [0.25, 0.3) is 5.91 Å². The first-order valence-electron chi connectivity index (χ1n) is 11.0. The second kappa shape index (κ2) is 9.21. The second-order valence-electron chi connectivity index (χ2n) is 8.35. The van der Waals surface area contributed by atoms with Crippen molar-refractivity contribution in [2.24, 2.45) is 0 Å². The van der Waals surface area contributed by atoms with Crippen LogP contribution in [0.25, 0.3) is 0 Å². The number of carbonyl (C=O) groups is 2. The Morgan fingerprint density at radius 1 is 0.970 bits per heavy atom. The minimum Gasteiger partial charge on any atom is -0.497 e. The molecule has 1 amide bonds. The van der Waals surface area contributed by atoms with Gasteiger partial charge in [-0.1, -0.05) is 0 Å². The Balaban J connectivity index is 1.41. The number of nitrogens with zero attached hydrogens (tertiary/aromatic N) is 1. The third-order valence-corrected chi connectivity index (χ3v) is 6.29. The van der Waals surface area contributed by atoms with E-state index < -0.39 is 11.7 Å². The lowest BCUT2D eigenvalue weighted by Gasteiger charge is -2.44. The van der Waals surface area contributed by atoms with Gasteiger partial charge in [0, 0.05) is 38.1 Å². The number of carbonyl (C=O) groups excluding carboxylic acids is 2. The van der Waals surface area contributed by atoms with Gasteiger partial charge in [0.15, 0.2) is 11.9 Å². The second-order valence-corrected chi connectivity index (χ2v) is 8.35. The number of likely N-dealkylation sites (tertiary alicyclic amines) is 1. The average Bonchev–Trinajstić information content (AvgIpc) is 2.83. The van der Waals surface area contributed by atoms with Crippen LogP contribution >= 0.6 is 0 Å². The smallest absolute Gasteiger partial charge is 0.263 e. The van der Waals surface area contributed by atoms with Crippen molar-refractivity contribution >= 4 is 11.7 Å². The summed E-state index contributed by atoms with van der Waals surface area (Å²) in [5, 5.41) is 0. The lowest BCUT2D eigenvalue weighted by atomic mass is 9.82. The highest BCUT2D eigenvalue weighted by Crippen LogP contribution is 2.44. The number of benzene rings is 2. The van der Waals surface area contributed by atoms with Crippen LogP contribution in [0.2, 0.25) is 0 Å². The quantitative estimate of drug-likeness (QED) is 0.659. The van der Waals surface area contributed by atoms with Crippen molar-refractivity contribution in [1.29, 1.82) is 0 Å². The van der Waals surface area contributed by atoms with Crippen LogP contribution in [-0.2, 0) is 4.79 Å². The van der Waals surface area contributed by atoms with Crippen molar-refractivity contribution in [1.82, 2.24) is 4.90 Å². The fraction of sp³-hybridized carbons (Fsp3) is 0.440. The standard InChI is InChI=1S/C25H29NO7/c1-16(32-18-7-5-17(29-2)6-8-18)24(28)26-11-9-25(10-12-26)15-20(27)23-21(31-4)13-19(30-3)14-22(23)33-25/h5-8,13-14,16H,9-12,15H2,1-4H3. The summed E-state index contributed by atoms with van der Waals surface area (Å²) >= 11 is 0. The van der Waals surface area contributed by atoms with Crippen LogP contribution < -0.4 is 23.7 Å². The van der Waals surface area contributed by atoms with Crippen molar-refractivity contribution in [3.63, 3.8) is 0 Å². The molecule has 1 fully saturated rings. The number of hydrogen-bond acceptors (Lipinski definition) is 7. The van der Waals surface area contributed by atoms with E-state index in [-0.39, 0.29) is 18.1 Å². The van der Waals surface area contributed by atoms with Gasteiger partial charge in [0.05, 0.1) is 27.8 Å². The van der Waals surface area contributed by atoms with Crippen LogP contribution in [-0.4, -0.2) is 62.7 Å². The molecular formula is C25H29NO7. The number of Topliss-reactive ketones (excluding diaryl/α,β-unsaturated/α-hetero) is 1. The highest BCUT2D eigenvalue weighted by Gasteiger charge is 2.45. The molecule has 0 aliphatic carbocycles. The van der Waals surface area contributed by atoms with E-state index in [2.05, 4.69) is 0 Å². The SMILES string of the molecule is COc1ccc(OC(C)C(=O)N2CCC3(CC2)CC(=O)c2c(OC)cc(OC)cc2O3)cc1. The van der Waals surface area contributed by atoms with Gasteiger partial charge in [-0.2, -0.15) is 0 Å². The van der Waals surface area contributed by atoms with E-state index >= 15 is 0 Å². The molecular weight excluding hydrogens is 426 g/mol. The first kappa shape index (κ1) is 22.8. The molecule has 2 aliphatic heterocycles. The molecule has 0 saturated carbocycles. The molecule has 2 aromatic rings. The summed E-state index contributed by atoms with van der Waals surface area (Å²) < 4.78 is 28.0. The molecule has 1 atom stereocenters. The van der Waals surface area contributed by atoms with Crippen molar-refractivity contribution < 1.29 is 33.3 Å². The van der Waals surface area contributed by atoms with Gasteiger partial charge >= 0.3 is 0 Å². The van der Waals surface area contributed by atoms with E-state index in [4.69, 9.17) is 23.7 Å². The maximum Gasteiger partial charge on any atom is 0.263 e. The zero-order valence-corrected chi connectivity index (χ0v) is 19.4. The molecule has 1 unspecified atom stereocenters. The maximum atomic E-state index is 13.0. The summed E-state index contributed by atoms with van der Waals surface area (Å²) in [6, 6.07) is 10.5. The summed E-state index contributed by atoms with van der Waals surface area (Å²) in [5.41, 5.74) is -0.192. The molecule has 1 spiro atoms. The average molecular weight is 456 g/mol. The van der Waals surface area contributed by atoms with E-state index in [1.54, 1.807) is 62.4 Å². The van der Waals surface area contributed by atoms with E-state index in [1.807, 2.05) is 0 Å². The van der Waals surface area contributed by atoms with Gasteiger partial charge in [0.1, 0.15) is 39.9 Å². The molecule has 0 radical (unpaired) electrons. The lowest BCUT2D eigenvalue weighted by Crippen LogP contribution is -2.54. The molecule has 0 aromatic heterocycles. The molecule has 2 aliphatic rings. The zero-order chi connectivity index (χ0) is 23.6. The fourth-order valence-electron chi connectivity index (χ4n) is 4.43. The molecule has 1 saturated heterocycles. The first-order chi connectivity index (χ1) is 15.9. The van der Waals surface area contributed by atoms with Crippen LogP contribution in [0.15, 0.2) is 36.4 Å². The summed E-state index contributed by atoms with van der Waals surface area (Å²) in [7, 11) is 4.67. The Morgan fingerprint density at radius 2 is 1.61 bits per heavy atom. The minimum absolute atomic E-state index is 0.0215. The lowest BCUT2D eigenvalue weighted by molar-refractivity contribution is -0.141. The predicted molar refractivity (Wildman–Crippen MR) is 121 cm³/mol. The molecule has 2 aromatic carbocycles. The number of ketones is 1. The number of ether oxygens (including phenoxy) is 5. The Kier molecular flexibility index (Phi) is 6.35. The summed E-state index contributed by atoms with van der Waals surface area (Å²) in [4.78, 5) is 27.7. The largest absolute Gasteiger partial charge is 0.497 e. The third-order valence-electron chi connectivity index (χ3n) is 6.29. The van der Waals surface area contributed by atoms with Gasteiger partial charge < -0.3 is 28.6 Å². The highest BCUT2D eigenvalue weighted by atomic mass is 16.5. The van der Waals surface area contributed by atoms with Crippen molar-refractivity contribution in [2.75, 3.05) is 34.4 Å². The molecule has 0 N–H and O–H groups in total. The van der Waals surface area contributed by atoms with Crippen LogP contribution in [0.4, 0.5) is 0 Å². The van der Waals surface area contributed by atoms with Gasteiger partial charge in [-0.3, -0.25) is 9.59 Å². The highest BCUT2D eigenvalue weighted by molar-refractivity contribution is 6.03. The molecule has 0 bridgehead atoms. The van der Waals surface area contributed by atoms with Gasteiger partial charge in [0.2, 0.25) is 0 Å². The van der Waals surface area contributed by atoms with Crippen LogP contribution in [0.1, 0.15) is 36.5 Å². The fourth-order valence-corrected chi connectivity index (χ4v) is 4.43. The van der Waals surface area contributed by atoms with E-state index in [0.29, 0.717) is 54.5 Å². The van der Waals surface area contributed by atoms with Gasteiger partial charge in [-0.05, 0) is 31.2 Å². The maximum absolute atomic E-state index is 13.0. The number of hydrogen-bond donors (Lipinski definition) is 0. The molecule has 8 heteroatoms. The Hall–Kier alpha value is -3.42. The number of piperidine rings is 1. The topological polar surface area (TPSA) is 83.5 Å². The molecule has 4 rings (SSSR count). The number of methoxy groups -OCH3 is 3. The molecule has 33 heavy (non-hydrogen) atoms. The number of rotatable bonds is 6. The summed E-state index contributed by atoms with van der Waals surface area (Å²) in [5.74, 6) is 2.69. The first-order valence-corrected chi connectivity index (χ1v) is 11.0. The summed E-state index contributed by atoms with van der Waals surface area (Å²) in [6.45, 7) is 2.71. The normalized spacial score (nSPS) is 17.6. The van der Waals surface area contributed by atoms with Crippen molar-refractivity contribution in [3.8, 4) is 28.7 Å². The predicted octanol–water partition coefficient (Wildman–Crippen LogP) is 3.51. The monoisotopic (exact) mass is 455 g/mol. The van der Waals surface area contributed by atoms with Gasteiger partial charge in [-0.15, -0.1) is 0 Å². The zero-order valence-electron chi connectivity index (χ0n) is 19.4. The molecule has 8 nitrogen and oxygen atoms in total. The number of fused-ring (bicyclic) bond motifs is 1. The molecule has 176 valence electrons.